The number of benzene rings is 1. The lowest BCUT2D eigenvalue weighted by molar-refractivity contribution is 0.0449. The molecule has 0 aliphatic rings. The Kier molecular flexibility index (Phi) is 4.86. The molecule has 24 heavy (non-hydrogen) atoms. The topological polar surface area (TPSA) is 66.2 Å². The van der Waals surface area contributed by atoms with E-state index < -0.39 is 5.97 Å². The van der Waals surface area contributed by atoms with Gasteiger partial charge >= 0.3 is 5.97 Å². The molecule has 0 aliphatic carbocycles. The van der Waals surface area contributed by atoms with Gasteiger partial charge in [-0.05, 0) is 31.2 Å². The van der Waals surface area contributed by atoms with E-state index in [9.17, 15) is 4.79 Å². The molecule has 0 radical (unpaired) electrons. The highest BCUT2D eigenvalue weighted by Gasteiger charge is 2.16. The van der Waals surface area contributed by atoms with E-state index in [4.69, 9.17) is 9.47 Å². The minimum absolute atomic E-state index is 0.169. The van der Waals surface area contributed by atoms with Crippen LogP contribution in [0.1, 0.15) is 16.1 Å². The summed E-state index contributed by atoms with van der Waals surface area (Å²) in [6.07, 6.45) is 3.17. The van der Waals surface area contributed by atoms with Gasteiger partial charge in [-0.15, -0.1) is 0 Å². The second kappa shape index (κ2) is 7.41. The van der Waals surface area contributed by atoms with Gasteiger partial charge in [0, 0.05) is 6.20 Å². The van der Waals surface area contributed by atoms with Crippen LogP contribution in [0.3, 0.4) is 0 Å². The molecule has 122 valence electrons. The van der Waals surface area contributed by atoms with Crippen molar-refractivity contribution in [1.29, 1.82) is 0 Å². The molecule has 0 fully saturated rings. The van der Waals surface area contributed by atoms with E-state index in [0.29, 0.717) is 23.7 Å². The Morgan fingerprint density at radius 3 is 2.62 bits per heavy atom. The maximum absolute atomic E-state index is 12.2. The normalized spacial score (nSPS) is 10.4. The molecule has 0 amide bonds. The second-order valence-electron chi connectivity index (χ2n) is 5.04. The maximum atomic E-state index is 12.2. The highest BCUT2D eigenvalue weighted by Crippen LogP contribution is 2.13. The van der Waals surface area contributed by atoms with Crippen LogP contribution in [0.5, 0.6) is 5.75 Å². The van der Waals surface area contributed by atoms with Crippen molar-refractivity contribution in [2.75, 3.05) is 13.2 Å². The summed E-state index contributed by atoms with van der Waals surface area (Å²) in [7, 11) is 0. The third kappa shape index (κ3) is 3.60. The zero-order valence-electron chi connectivity index (χ0n) is 13.3. The zero-order valence-corrected chi connectivity index (χ0v) is 13.3. The lowest BCUT2D eigenvalue weighted by atomic mass is 10.2. The van der Waals surface area contributed by atoms with Gasteiger partial charge in [0.25, 0.3) is 0 Å². The number of rotatable bonds is 6. The summed E-state index contributed by atoms with van der Waals surface area (Å²) in [5.41, 5.74) is 1.10. The lowest BCUT2D eigenvalue weighted by Gasteiger charge is -2.07. The van der Waals surface area contributed by atoms with Crippen molar-refractivity contribution in [2.45, 2.75) is 6.92 Å². The number of esters is 1. The average Bonchev–Trinajstić information content (AvgIpc) is 3.02. The highest BCUT2D eigenvalue weighted by atomic mass is 16.6. The molecule has 0 aliphatic heterocycles. The van der Waals surface area contributed by atoms with E-state index in [1.807, 2.05) is 48.5 Å². The fourth-order valence-corrected chi connectivity index (χ4v) is 2.21. The summed E-state index contributed by atoms with van der Waals surface area (Å²) in [5, 5.41) is 4.20. The summed E-state index contributed by atoms with van der Waals surface area (Å²) in [5.74, 6) is 0.973. The van der Waals surface area contributed by atoms with Crippen LogP contribution in [0.25, 0.3) is 5.82 Å². The van der Waals surface area contributed by atoms with Crippen LogP contribution in [-0.4, -0.2) is 33.9 Å². The van der Waals surface area contributed by atoms with Crippen LogP contribution in [0, 0.1) is 6.92 Å². The lowest BCUT2D eigenvalue weighted by Crippen LogP contribution is -2.13. The Morgan fingerprint density at radius 2 is 1.88 bits per heavy atom. The van der Waals surface area contributed by atoms with Crippen molar-refractivity contribution >= 4 is 5.97 Å². The van der Waals surface area contributed by atoms with Crippen LogP contribution < -0.4 is 4.74 Å². The molecule has 0 saturated carbocycles. The van der Waals surface area contributed by atoms with Crippen molar-refractivity contribution in [1.82, 2.24) is 14.8 Å². The molecule has 6 heteroatoms. The summed E-state index contributed by atoms with van der Waals surface area (Å²) in [6.45, 7) is 2.27. The third-order valence-corrected chi connectivity index (χ3v) is 3.42. The second-order valence-corrected chi connectivity index (χ2v) is 5.04. The number of carbonyl (C=O) groups excluding carboxylic acids is 1. The van der Waals surface area contributed by atoms with Crippen LogP contribution >= 0.6 is 0 Å². The molecule has 3 aromatic rings. The first-order valence-corrected chi connectivity index (χ1v) is 7.56. The Bertz CT molecular complexity index is 801. The third-order valence-electron chi connectivity index (χ3n) is 3.42. The van der Waals surface area contributed by atoms with Crippen molar-refractivity contribution in [3.05, 3.63) is 72.2 Å². The van der Waals surface area contributed by atoms with Gasteiger partial charge in [0.15, 0.2) is 5.82 Å². The fourth-order valence-electron chi connectivity index (χ4n) is 2.21. The smallest absolute Gasteiger partial charge is 0.341 e. The molecule has 2 heterocycles. The standard InChI is InChI=1S/C18H17N3O3/c1-14-16(13-20-21(14)17-9-5-6-10-19-17)18(22)24-12-11-23-15-7-3-2-4-8-15/h2-10,13H,11-12H2,1H3. The van der Waals surface area contributed by atoms with Crippen molar-refractivity contribution in [2.24, 2.45) is 0 Å². The predicted octanol–water partition coefficient (Wildman–Crippen LogP) is 2.81. The number of hydrogen-bond acceptors (Lipinski definition) is 5. The minimum Gasteiger partial charge on any atom is -0.490 e. The highest BCUT2D eigenvalue weighted by molar-refractivity contribution is 5.90. The molecule has 0 saturated heterocycles. The van der Waals surface area contributed by atoms with E-state index in [1.165, 1.54) is 6.20 Å². The van der Waals surface area contributed by atoms with Crippen LogP contribution in [0.15, 0.2) is 60.9 Å². The van der Waals surface area contributed by atoms with E-state index in [1.54, 1.807) is 17.8 Å². The molecular formula is C18H17N3O3. The van der Waals surface area contributed by atoms with Gasteiger partial charge in [-0.2, -0.15) is 5.10 Å². The van der Waals surface area contributed by atoms with Crippen molar-refractivity contribution < 1.29 is 14.3 Å². The molecule has 0 bridgehead atoms. The molecule has 0 unspecified atom stereocenters. The van der Waals surface area contributed by atoms with E-state index >= 15 is 0 Å². The Morgan fingerprint density at radius 1 is 1.08 bits per heavy atom. The van der Waals surface area contributed by atoms with E-state index in [0.717, 1.165) is 5.75 Å². The Labute approximate surface area is 139 Å². The van der Waals surface area contributed by atoms with Crippen LogP contribution in [0.2, 0.25) is 0 Å². The summed E-state index contributed by atoms with van der Waals surface area (Å²) >= 11 is 0. The molecule has 0 atom stereocenters. The number of pyridine rings is 1. The summed E-state index contributed by atoms with van der Waals surface area (Å²) in [4.78, 5) is 16.4. The van der Waals surface area contributed by atoms with E-state index in [-0.39, 0.29) is 6.61 Å². The van der Waals surface area contributed by atoms with Gasteiger partial charge in [0.1, 0.15) is 24.5 Å². The monoisotopic (exact) mass is 323 g/mol. The van der Waals surface area contributed by atoms with Crippen LogP contribution in [0.4, 0.5) is 0 Å². The van der Waals surface area contributed by atoms with Crippen molar-refractivity contribution in [3.8, 4) is 11.6 Å². The Hall–Kier alpha value is -3.15. The van der Waals surface area contributed by atoms with Gasteiger partial charge in [-0.1, -0.05) is 24.3 Å². The fraction of sp³-hybridized carbons (Fsp3) is 0.167. The van der Waals surface area contributed by atoms with Gasteiger partial charge in [0.05, 0.1) is 11.9 Å². The number of para-hydroxylation sites is 1. The molecular weight excluding hydrogens is 306 g/mol. The Balaban J connectivity index is 1.57. The molecule has 1 aromatic carbocycles. The number of ether oxygens (including phenoxy) is 2. The first-order valence-electron chi connectivity index (χ1n) is 7.56. The van der Waals surface area contributed by atoms with Crippen LogP contribution in [-0.2, 0) is 4.74 Å². The number of hydrogen-bond donors (Lipinski definition) is 0. The van der Waals surface area contributed by atoms with Gasteiger partial charge in [-0.25, -0.2) is 14.5 Å². The molecule has 2 aromatic heterocycles. The summed E-state index contributed by atoms with van der Waals surface area (Å²) in [6, 6.07) is 14.9. The first kappa shape index (κ1) is 15.7. The minimum atomic E-state index is -0.425. The van der Waals surface area contributed by atoms with Gasteiger partial charge < -0.3 is 9.47 Å². The van der Waals surface area contributed by atoms with Crippen molar-refractivity contribution in [3.63, 3.8) is 0 Å². The maximum Gasteiger partial charge on any atom is 0.341 e. The average molecular weight is 323 g/mol. The zero-order chi connectivity index (χ0) is 16.8. The quantitative estimate of drug-likeness (QED) is 0.515. The molecule has 6 nitrogen and oxygen atoms in total. The number of nitrogens with zero attached hydrogens (tertiary/aromatic N) is 3. The molecule has 0 N–H and O–H groups in total. The largest absolute Gasteiger partial charge is 0.490 e. The molecule has 0 spiro atoms. The van der Waals surface area contributed by atoms with Gasteiger partial charge in [0.2, 0.25) is 0 Å². The number of aromatic nitrogens is 3. The SMILES string of the molecule is Cc1c(C(=O)OCCOc2ccccc2)cnn1-c1ccccn1. The van der Waals surface area contributed by atoms with E-state index in [2.05, 4.69) is 10.1 Å². The molecule has 3 rings (SSSR count). The van der Waals surface area contributed by atoms with Gasteiger partial charge in [-0.3, -0.25) is 0 Å². The predicted molar refractivity (Wildman–Crippen MR) is 88.3 cm³/mol. The first-order chi connectivity index (χ1) is 11.8. The summed E-state index contributed by atoms with van der Waals surface area (Å²) < 4.78 is 12.3. The number of carbonyl (C=O) groups is 1.